The third-order valence-corrected chi connectivity index (χ3v) is 1.15. The van der Waals surface area contributed by atoms with E-state index in [1.165, 1.54) is 0 Å². The van der Waals surface area contributed by atoms with Gasteiger partial charge in [0.05, 0.1) is 0 Å². The molecule has 0 spiro atoms. The first kappa shape index (κ1) is 10.5. The average Bonchev–Trinajstić information content (AvgIpc) is 1.85. The molecule has 1 aromatic carbocycles. The summed E-state index contributed by atoms with van der Waals surface area (Å²) in [5.74, 6) is -2.46. The molecule has 0 aliphatic heterocycles. The molecule has 66 valence electrons. The van der Waals surface area contributed by atoms with E-state index < -0.39 is 17.5 Å². The van der Waals surface area contributed by atoms with Gasteiger partial charge in [0.2, 0.25) is 5.91 Å². The van der Waals surface area contributed by atoms with Crippen molar-refractivity contribution in [3.05, 3.63) is 35.4 Å². The van der Waals surface area contributed by atoms with E-state index in [1.807, 2.05) is 0 Å². The van der Waals surface area contributed by atoms with Gasteiger partial charge in [-0.25, -0.2) is 8.78 Å². The third kappa shape index (κ3) is 2.28. The summed E-state index contributed by atoms with van der Waals surface area (Å²) < 4.78 is 24.7. The molecule has 5 heteroatoms. The van der Waals surface area contributed by atoms with E-state index >= 15 is 0 Å². The largest absolute Gasteiger partial charge is 0.412 e. The molecule has 3 nitrogen and oxygen atoms in total. The SMILES string of the molecule is NC(=O)c1cc(F)cc(F)c1.O. The number of primary amides is 1. The van der Waals surface area contributed by atoms with Crippen molar-refractivity contribution < 1.29 is 19.1 Å². The highest BCUT2D eigenvalue weighted by molar-refractivity contribution is 5.92. The normalized spacial score (nSPS) is 8.83. The van der Waals surface area contributed by atoms with E-state index in [2.05, 4.69) is 0 Å². The second kappa shape index (κ2) is 3.77. The molecule has 0 aliphatic carbocycles. The lowest BCUT2D eigenvalue weighted by atomic mass is 10.2. The van der Waals surface area contributed by atoms with Crippen LogP contribution in [-0.2, 0) is 0 Å². The second-order valence-electron chi connectivity index (χ2n) is 2.02. The molecule has 1 aromatic rings. The molecule has 0 bridgehead atoms. The van der Waals surface area contributed by atoms with Crippen LogP contribution in [0.3, 0.4) is 0 Å². The Morgan fingerprint density at radius 3 is 1.92 bits per heavy atom. The molecular weight excluding hydrogens is 168 g/mol. The molecular formula is C7H7F2NO2. The van der Waals surface area contributed by atoms with Crippen LogP contribution < -0.4 is 5.73 Å². The summed E-state index contributed by atoms with van der Waals surface area (Å²) in [6.07, 6.45) is 0. The molecule has 12 heavy (non-hydrogen) atoms. The lowest BCUT2D eigenvalue weighted by Gasteiger charge is -1.94. The molecule has 0 atom stereocenters. The fourth-order valence-corrected chi connectivity index (χ4v) is 0.696. The van der Waals surface area contributed by atoms with Crippen molar-refractivity contribution >= 4 is 5.91 Å². The van der Waals surface area contributed by atoms with E-state index in [-0.39, 0.29) is 11.0 Å². The van der Waals surface area contributed by atoms with Gasteiger partial charge >= 0.3 is 0 Å². The second-order valence-corrected chi connectivity index (χ2v) is 2.02. The van der Waals surface area contributed by atoms with Crippen molar-refractivity contribution in [3.63, 3.8) is 0 Å². The summed E-state index contributed by atoms with van der Waals surface area (Å²) in [6, 6.07) is 2.43. The highest BCUT2D eigenvalue weighted by Crippen LogP contribution is 2.06. The van der Waals surface area contributed by atoms with Crippen molar-refractivity contribution in [2.24, 2.45) is 5.73 Å². The molecule has 0 fully saturated rings. The van der Waals surface area contributed by atoms with Gasteiger partial charge in [-0.3, -0.25) is 4.79 Å². The lowest BCUT2D eigenvalue weighted by Crippen LogP contribution is -2.11. The molecule has 0 heterocycles. The van der Waals surface area contributed by atoms with Crippen LogP contribution in [0, 0.1) is 11.6 Å². The Kier molecular flexibility index (Phi) is 3.30. The number of hydrogen-bond acceptors (Lipinski definition) is 1. The smallest absolute Gasteiger partial charge is 0.248 e. The van der Waals surface area contributed by atoms with E-state index in [1.54, 1.807) is 0 Å². The van der Waals surface area contributed by atoms with Gasteiger partial charge in [0.25, 0.3) is 0 Å². The van der Waals surface area contributed by atoms with E-state index in [0.717, 1.165) is 12.1 Å². The average molecular weight is 175 g/mol. The Bertz CT molecular complexity index is 281. The van der Waals surface area contributed by atoms with Crippen LogP contribution in [0.25, 0.3) is 0 Å². The number of rotatable bonds is 1. The highest BCUT2D eigenvalue weighted by Gasteiger charge is 2.03. The zero-order chi connectivity index (χ0) is 8.43. The van der Waals surface area contributed by atoms with Gasteiger partial charge in [0, 0.05) is 11.6 Å². The standard InChI is InChI=1S/C7H5F2NO.H2O/c8-5-1-4(7(10)11)2-6(9)3-5;/h1-3H,(H2,10,11);1H2. The summed E-state index contributed by atoms with van der Waals surface area (Å²) in [6.45, 7) is 0. The molecule has 1 amide bonds. The van der Waals surface area contributed by atoms with Gasteiger partial charge in [-0.2, -0.15) is 0 Å². The summed E-state index contributed by atoms with van der Waals surface area (Å²) in [5, 5.41) is 0. The predicted molar refractivity (Wildman–Crippen MR) is 38.5 cm³/mol. The molecule has 1 rings (SSSR count). The molecule has 0 aliphatic rings. The van der Waals surface area contributed by atoms with Gasteiger partial charge in [0.1, 0.15) is 11.6 Å². The minimum absolute atomic E-state index is 0. The molecule has 0 saturated heterocycles. The van der Waals surface area contributed by atoms with Crippen molar-refractivity contribution in [2.45, 2.75) is 0 Å². The Balaban J connectivity index is 0.00000121. The van der Waals surface area contributed by atoms with Crippen LogP contribution >= 0.6 is 0 Å². The topological polar surface area (TPSA) is 74.6 Å². The Morgan fingerprint density at radius 1 is 1.17 bits per heavy atom. The first-order valence-corrected chi connectivity index (χ1v) is 2.85. The van der Waals surface area contributed by atoms with Crippen LogP contribution in [-0.4, -0.2) is 11.4 Å². The van der Waals surface area contributed by atoms with Crippen molar-refractivity contribution in [2.75, 3.05) is 0 Å². The zero-order valence-electron chi connectivity index (χ0n) is 5.97. The fourth-order valence-electron chi connectivity index (χ4n) is 0.696. The Labute approximate surface area is 67.1 Å². The molecule has 0 aromatic heterocycles. The first-order chi connectivity index (χ1) is 5.09. The highest BCUT2D eigenvalue weighted by atomic mass is 19.1. The number of halogens is 2. The predicted octanol–water partition coefficient (Wildman–Crippen LogP) is 0.239. The Hall–Kier alpha value is -1.49. The third-order valence-electron chi connectivity index (χ3n) is 1.15. The fraction of sp³-hybridized carbons (Fsp3) is 0. The zero-order valence-corrected chi connectivity index (χ0v) is 5.97. The van der Waals surface area contributed by atoms with E-state index in [4.69, 9.17) is 5.73 Å². The molecule has 4 N–H and O–H groups in total. The maximum atomic E-state index is 12.3. The number of carbonyl (C=O) groups excluding carboxylic acids is 1. The first-order valence-electron chi connectivity index (χ1n) is 2.85. The van der Waals surface area contributed by atoms with Gasteiger partial charge in [-0.05, 0) is 12.1 Å². The van der Waals surface area contributed by atoms with Crippen LogP contribution in [0.2, 0.25) is 0 Å². The lowest BCUT2D eigenvalue weighted by molar-refractivity contribution is 0.0999. The van der Waals surface area contributed by atoms with Gasteiger partial charge in [0.15, 0.2) is 0 Å². The molecule has 0 saturated carbocycles. The summed E-state index contributed by atoms with van der Waals surface area (Å²) in [5.41, 5.74) is 4.61. The minimum atomic E-state index is -0.844. The summed E-state index contributed by atoms with van der Waals surface area (Å²) in [7, 11) is 0. The maximum absolute atomic E-state index is 12.3. The quantitative estimate of drug-likeness (QED) is 0.652. The van der Waals surface area contributed by atoms with Crippen molar-refractivity contribution in [3.8, 4) is 0 Å². The summed E-state index contributed by atoms with van der Waals surface area (Å²) >= 11 is 0. The van der Waals surface area contributed by atoms with Crippen LogP contribution in [0.15, 0.2) is 18.2 Å². The molecule has 0 radical (unpaired) electrons. The van der Waals surface area contributed by atoms with Gasteiger partial charge < -0.3 is 11.2 Å². The number of amides is 1. The number of hydrogen-bond donors (Lipinski definition) is 1. The van der Waals surface area contributed by atoms with Crippen LogP contribution in [0.1, 0.15) is 10.4 Å². The number of benzene rings is 1. The van der Waals surface area contributed by atoms with Crippen LogP contribution in [0.5, 0.6) is 0 Å². The Morgan fingerprint density at radius 2 is 1.58 bits per heavy atom. The van der Waals surface area contributed by atoms with Gasteiger partial charge in [-0.15, -0.1) is 0 Å². The monoisotopic (exact) mass is 175 g/mol. The van der Waals surface area contributed by atoms with Crippen molar-refractivity contribution in [1.82, 2.24) is 0 Å². The van der Waals surface area contributed by atoms with Crippen LogP contribution in [0.4, 0.5) is 8.78 Å². The van der Waals surface area contributed by atoms with Gasteiger partial charge in [-0.1, -0.05) is 0 Å². The van der Waals surface area contributed by atoms with E-state index in [0.29, 0.717) is 6.07 Å². The minimum Gasteiger partial charge on any atom is -0.412 e. The maximum Gasteiger partial charge on any atom is 0.248 e. The molecule has 0 unspecified atom stereocenters. The number of nitrogens with two attached hydrogens (primary N) is 1. The number of carbonyl (C=O) groups is 1. The summed E-state index contributed by atoms with van der Waals surface area (Å²) in [4.78, 5) is 10.4. The van der Waals surface area contributed by atoms with Crippen molar-refractivity contribution in [1.29, 1.82) is 0 Å². The van der Waals surface area contributed by atoms with E-state index in [9.17, 15) is 13.6 Å².